The van der Waals surface area contributed by atoms with Crippen molar-refractivity contribution in [2.75, 3.05) is 26.2 Å². The van der Waals surface area contributed by atoms with Crippen molar-refractivity contribution >= 4 is 8.22 Å². The molecule has 0 spiro atoms. The number of nitrogens with zero attached hydrogens (tertiary/aromatic N) is 2. The molecule has 0 saturated carbocycles. The van der Waals surface area contributed by atoms with Crippen molar-refractivity contribution in [3.8, 4) is 0 Å². The first kappa shape index (κ1) is 13.9. The van der Waals surface area contributed by atoms with Gasteiger partial charge < -0.3 is 0 Å². The molecule has 2 nitrogen and oxygen atoms in total. The highest BCUT2D eigenvalue weighted by atomic mass is 31.1. The lowest BCUT2D eigenvalue weighted by Gasteiger charge is -2.37. The van der Waals surface area contributed by atoms with Gasteiger partial charge in [-0.2, -0.15) is 0 Å². The van der Waals surface area contributed by atoms with Crippen molar-refractivity contribution in [1.82, 2.24) is 9.34 Å². The Morgan fingerprint density at radius 3 is 1.81 bits per heavy atom. The van der Waals surface area contributed by atoms with Gasteiger partial charge in [0.2, 0.25) is 0 Å². The second kappa shape index (κ2) is 7.21. The minimum Gasteiger partial charge on any atom is -0.267 e. The number of hydrogen-bond donors (Lipinski definition) is 0. The maximum atomic E-state index is 2.60. The normalized spacial score (nSPS) is 15.6. The number of allylic oxidation sites excluding steroid dienone is 4. The van der Waals surface area contributed by atoms with E-state index < -0.39 is 0 Å². The summed E-state index contributed by atoms with van der Waals surface area (Å²) < 4.78 is 5.20. The summed E-state index contributed by atoms with van der Waals surface area (Å²) >= 11 is 0. The lowest BCUT2D eigenvalue weighted by Crippen LogP contribution is -2.29. The van der Waals surface area contributed by atoms with E-state index in [9.17, 15) is 0 Å². The van der Waals surface area contributed by atoms with Crippen LogP contribution in [0.3, 0.4) is 0 Å². The van der Waals surface area contributed by atoms with Crippen LogP contribution in [-0.4, -0.2) is 35.5 Å². The molecular formula is C13H25N2P. The van der Waals surface area contributed by atoms with E-state index in [1.54, 1.807) is 5.31 Å². The molecule has 1 rings (SSSR count). The molecule has 0 unspecified atom stereocenters. The van der Waals surface area contributed by atoms with Gasteiger partial charge in [-0.3, -0.25) is 9.34 Å². The molecule has 0 radical (unpaired) electrons. The molecule has 0 aromatic rings. The monoisotopic (exact) mass is 240 g/mol. The maximum absolute atomic E-state index is 2.60. The van der Waals surface area contributed by atoms with Crippen LogP contribution in [0.1, 0.15) is 34.1 Å². The molecule has 0 fully saturated rings. The third-order valence-corrected chi connectivity index (χ3v) is 5.98. The summed E-state index contributed by atoms with van der Waals surface area (Å²) in [5.41, 5.74) is 0. The van der Waals surface area contributed by atoms with Crippen molar-refractivity contribution < 1.29 is 0 Å². The molecule has 16 heavy (non-hydrogen) atoms. The first-order chi connectivity index (χ1) is 7.78. The van der Waals surface area contributed by atoms with Crippen molar-refractivity contribution in [2.45, 2.75) is 34.1 Å². The highest BCUT2D eigenvalue weighted by molar-refractivity contribution is 7.57. The van der Waals surface area contributed by atoms with E-state index in [-0.39, 0.29) is 8.22 Å². The van der Waals surface area contributed by atoms with Crippen molar-refractivity contribution in [2.24, 2.45) is 0 Å². The van der Waals surface area contributed by atoms with Crippen LogP contribution in [0.4, 0.5) is 0 Å². The Bertz CT molecular complexity index is 241. The standard InChI is InChI=1S/C13H25N2P/c1-5-14(6-2)16(15(7-3)8-4)13-11-9-10-12-13/h9,11-12H,5-8,10H2,1-4H3. The topological polar surface area (TPSA) is 6.48 Å². The van der Waals surface area contributed by atoms with Gasteiger partial charge in [0.15, 0.2) is 0 Å². The summed E-state index contributed by atoms with van der Waals surface area (Å²) in [5.74, 6) is 0. The van der Waals surface area contributed by atoms with Gasteiger partial charge in [-0.15, -0.1) is 0 Å². The first-order valence-corrected chi connectivity index (χ1v) is 7.69. The molecular weight excluding hydrogens is 215 g/mol. The van der Waals surface area contributed by atoms with E-state index in [2.05, 4.69) is 55.3 Å². The molecule has 0 heterocycles. The van der Waals surface area contributed by atoms with E-state index in [0.717, 1.165) is 32.6 Å². The fourth-order valence-corrected chi connectivity index (χ4v) is 4.67. The Hall–Kier alpha value is -0.170. The van der Waals surface area contributed by atoms with Crippen LogP contribution in [0, 0.1) is 0 Å². The summed E-state index contributed by atoms with van der Waals surface area (Å²) in [4.78, 5) is 0. The van der Waals surface area contributed by atoms with E-state index in [1.165, 1.54) is 0 Å². The third kappa shape index (κ3) is 3.16. The lowest BCUT2D eigenvalue weighted by atomic mass is 10.5. The molecule has 0 aromatic carbocycles. The number of hydrogen-bond acceptors (Lipinski definition) is 2. The van der Waals surface area contributed by atoms with Gasteiger partial charge in [0.05, 0.1) is 8.22 Å². The van der Waals surface area contributed by atoms with Crippen LogP contribution in [-0.2, 0) is 0 Å². The van der Waals surface area contributed by atoms with E-state index in [1.807, 2.05) is 0 Å². The van der Waals surface area contributed by atoms with Gasteiger partial charge in [0.1, 0.15) is 0 Å². The van der Waals surface area contributed by atoms with Gasteiger partial charge in [-0.1, -0.05) is 45.9 Å². The fraction of sp³-hybridized carbons (Fsp3) is 0.692. The summed E-state index contributed by atoms with van der Waals surface area (Å²) in [7, 11) is -0.248. The Labute approximate surface area is 102 Å². The molecule has 0 bridgehead atoms. The van der Waals surface area contributed by atoms with Gasteiger partial charge in [-0.05, 0) is 6.42 Å². The quantitative estimate of drug-likeness (QED) is 0.624. The summed E-state index contributed by atoms with van der Waals surface area (Å²) in [6, 6.07) is 0. The van der Waals surface area contributed by atoms with Crippen LogP contribution in [0.25, 0.3) is 0 Å². The van der Waals surface area contributed by atoms with Crippen molar-refractivity contribution in [3.63, 3.8) is 0 Å². The molecule has 0 aliphatic heterocycles. The maximum Gasteiger partial charge on any atom is 0.0720 e. The van der Waals surface area contributed by atoms with Gasteiger partial charge in [0.25, 0.3) is 0 Å². The van der Waals surface area contributed by atoms with Crippen LogP contribution in [0.5, 0.6) is 0 Å². The van der Waals surface area contributed by atoms with E-state index in [0.29, 0.717) is 0 Å². The van der Waals surface area contributed by atoms with Crippen LogP contribution >= 0.6 is 8.22 Å². The second-order valence-corrected chi connectivity index (χ2v) is 6.06. The summed E-state index contributed by atoms with van der Waals surface area (Å²) in [6.45, 7) is 13.6. The zero-order chi connectivity index (χ0) is 12.0. The molecule has 1 aliphatic carbocycles. The Kier molecular flexibility index (Phi) is 6.26. The zero-order valence-electron chi connectivity index (χ0n) is 11.1. The molecule has 3 heteroatoms. The van der Waals surface area contributed by atoms with Crippen molar-refractivity contribution in [3.05, 3.63) is 23.5 Å². The van der Waals surface area contributed by atoms with Crippen LogP contribution < -0.4 is 0 Å². The highest BCUT2D eigenvalue weighted by Gasteiger charge is 2.24. The first-order valence-electron chi connectivity index (χ1n) is 6.44. The van der Waals surface area contributed by atoms with Gasteiger partial charge in [-0.25, -0.2) is 0 Å². The van der Waals surface area contributed by atoms with Crippen LogP contribution in [0.15, 0.2) is 23.5 Å². The summed E-state index contributed by atoms with van der Waals surface area (Å²) in [5, 5.41) is 1.54. The molecule has 0 saturated heterocycles. The minimum atomic E-state index is -0.248. The lowest BCUT2D eigenvalue weighted by molar-refractivity contribution is 0.428. The van der Waals surface area contributed by atoms with Crippen molar-refractivity contribution in [1.29, 1.82) is 0 Å². The largest absolute Gasteiger partial charge is 0.267 e. The van der Waals surface area contributed by atoms with E-state index >= 15 is 0 Å². The number of rotatable bonds is 7. The smallest absolute Gasteiger partial charge is 0.0720 e. The zero-order valence-corrected chi connectivity index (χ0v) is 12.0. The Morgan fingerprint density at radius 2 is 1.50 bits per heavy atom. The molecule has 92 valence electrons. The molecule has 0 amide bonds. The molecule has 0 N–H and O–H groups in total. The second-order valence-electron chi connectivity index (χ2n) is 3.83. The summed E-state index contributed by atoms with van der Waals surface area (Å²) in [6.07, 6.45) is 8.11. The average molecular weight is 240 g/mol. The molecule has 0 aromatic heterocycles. The van der Waals surface area contributed by atoms with Gasteiger partial charge >= 0.3 is 0 Å². The average Bonchev–Trinajstić information content (AvgIpc) is 2.83. The predicted octanol–water partition coefficient (Wildman–Crippen LogP) is 3.83. The SMILES string of the molecule is CCN(CC)P(C1=CCC=C1)N(CC)CC. The third-order valence-electron chi connectivity index (χ3n) is 2.98. The molecule has 1 aliphatic rings. The fourth-order valence-electron chi connectivity index (χ4n) is 2.08. The Balaban J connectivity index is 2.86. The predicted molar refractivity (Wildman–Crippen MR) is 74.6 cm³/mol. The van der Waals surface area contributed by atoms with Gasteiger partial charge in [0, 0.05) is 31.5 Å². The Morgan fingerprint density at radius 1 is 1.00 bits per heavy atom. The van der Waals surface area contributed by atoms with Crippen LogP contribution in [0.2, 0.25) is 0 Å². The highest BCUT2D eigenvalue weighted by Crippen LogP contribution is 2.53. The minimum absolute atomic E-state index is 0.248. The van der Waals surface area contributed by atoms with E-state index in [4.69, 9.17) is 0 Å². The molecule has 0 atom stereocenters.